The summed E-state index contributed by atoms with van der Waals surface area (Å²) in [6, 6.07) is 14.7. The third-order valence-corrected chi connectivity index (χ3v) is 6.20. The van der Waals surface area contributed by atoms with Gasteiger partial charge in [-0.25, -0.2) is 4.39 Å². The van der Waals surface area contributed by atoms with E-state index in [4.69, 9.17) is 27.6 Å². The van der Waals surface area contributed by atoms with Crippen LogP contribution in [-0.2, 0) is 11.3 Å². The highest BCUT2D eigenvalue weighted by Crippen LogP contribution is 2.30. The van der Waals surface area contributed by atoms with E-state index in [-0.39, 0.29) is 10.9 Å². The van der Waals surface area contributed by atoms with Gasteiger partial charge in [0.15, 0.2) is 11.0 Å². The first kappa shape index (κ1) is 22.4. The van der Waals surface area contributed by atoms with Crippen LogP contribution in [0.5, 0.6) is 0 Å². The van der Waals surface area contributed by atoms with Gasteiger partial charge in [-0.15, -0.1) is 10.2 Å². The maximum Gasteiger partial charge on any atom is 0.237 e. The number of hydrogen-bond donors (Lipinski definition) is 1. The second-order valence-corrected chi connectivity index (χ2v) is 9.00. The molecule has 0 bridgehead atoms. The number of carbonyl (C=O) groups is 1. The standard InChI is InChI=1S/C22H17Cl2FN4O2S/c1-13(21(30)26-19-9-8-16(25)11-18(19)24)32-22-28-27-20(14-4-6-15(23)7-5-14)29(22)12-17-3-2-10-31-17/h2-11,13H,12H2,1H3,(H,26,30). The minimum Gasteiger partial charge on any atom is -0.467 e. The van der Waals surface area contributed by atoms with Gasteiger partial charge < -0.3 is 9.73 Å². The Morgan fingerprint density at radius 2 is 1.97 bits per heavy atom. The molecule has 0 fully saturated rings. The summed E-state index contributed by atoms with van der Waals surface area (Å²) in [7, 11) is 0. The van der Waals surface area contributed by atoms with Crippen LogP contribution in [0, 0.1) is 5.82 Å². The van der Waals surface area contributed by atoms with Gasteiger partial charge in [-0.2, -0.15) is 0 Å². The molecule has 32 heavy (non-hydrogen) atoms. The van der Waals surface area contributed by atoms with Gasteiger partial charge in [-0.3, -0.25) is 9.36 Å². The fourth-order valence-corrected chi connectivity index (χ4v) is 4.12. The van der Waals surface area contributed by atoms with Crippen LogP contribution in [0.15, 0.2) is 70.4 Å². The number of anilines is 1. The maximum atomic E-state index is 13.3. The molecule has 2 heterocycles. The van der Waals surface area contributed by atoms with E-state index >= 15 is 0 Å². The van der Waals surface area contributed by atoms with Crippen molar-refractivity contribution in [2.75, 3.05) is 5.32 Å². The van der Waals surface area contributed by atoms with Crippen molar-refractivity contribution >= 4 is 46.6 Å². The number of hydrogen-bond acceptors (Lipinski definition) is 5. The van der Waals surface area contributed by atoms with Crippen LogP contribution in [0.1, 0.15) is 12.7 Å². The van der Waals surface area contributed by atoms with Crippen LogP contribution in [0.25, 0.3) is 11.4 Å². The molecule has 0 saturated carbocycles. The summed E-state index contributed by atoms with van der Waals surface area (Å²) in [5.41, 5.74) is 1.17. The number of carbonyl (C=O) groups excluding carboxylic acids is 1. The Morgan fingerprint density at radius 1 is 1.19 bits per heavy atom. The summed E-state index contributed by atoms with van der Waals surface area (Å²) < 4.78 is 20.6. The summed E-state index contributed by atoms with van der Waals surface area (Å²) in [6.07, 6.45) is 1.59. The van der Waals surface area contributed by atoms with Crippen LogP contribution < -0.4 is 5.32 Å². The lowest BCUT2D eigenvalue weighted by Crippen LogP contribution is -2.23. The topological polar surface area (TPSA) is 73.0 Å². The molecular formula is C22H17Cl2FN4O2S. The monoisotopic (exact) mass is 490 g/mol. The average Bonchev–Trinajstić information content (AvgIpc) is 3.41. The molecule has 6 nitrogen and oxygen atoms in total. The molecule has 1 N–H and O–H groups in total. The molecule has 0 saturated heterocycles. The van der Waals surface area contributed by atoms with Crippen molar-refractivity contribution in [1.82, 2.24) is 14.8 Å². The average molecular weight is 491 g/mol. The van der Waals surface area contributed by atoms with Crippen LogP contribution in [0.4, 0.5) is 10.1 Å². The number of benzene rings is 2. The lowest BCUT2D eigenvalue weighted by atomic mass is 10.2. The molecule has 164 valence electrons. The number of thioether (sulfide) groups is 1. The lowest BCUT2D eigenvalue weighted by molar-refractivity contribution is -0.115. The predicted molar refractivity (Wildman–Crippen MR) is 124 cm³/mol. The zero-order valence-corrected chi connectivity index (χ0v) is 19.1. The van der Waals surface area contributed by atoms with E-state index in [0.717, 1.165) is 17.4 Å². The molecule has 0 aliphatic heterocycles. The van der Waals surface area contributed by atoms with Crippen LogP contribution in [-0.4, -0.2) is 25.9 Å². The molecule has 0 spiro atoms. The number of halogens is 3. The summed E-state index contributed by atoms with van der Waals surface area (Å²) >= 11 is 13.3. The van der Waals surface area contributed by atoms with Gasteiger partial charge in [-0.1, -0.05) is 35.0 Å². The zero-order valence-electron chi connectivity index (χ0n) is 16.8. The predicted octanol–water partition coefficient (Wildman–Crippen LogP) is 6.15. The lowest BCUT2D eigenvalue weighted by Gasteiger charge is -2.14. The van der Waals surface area contributed by atoms with E-state index in [2.05, 4.69) is 15.5 Å². The molecule has 0 radical (unpaired) electrons. The van der Waals surface area contributed by atoms with E-state index in [1.165, 1.54) is 23.9 Å². The summed E-state index contributed by atoms with van der Waals surface area (Å²) in [5.74, 6) is 0.562. The molecule has 2 aromatic heterocycles. The molecule has 1 atom stereocenters. The van der Waals surface area contributed by atoms with Crippen molar-refractivity contribution in [1.29, 1.82) is 0 Å². The molecule has 4 rings (SSSR count). The Kier molecular flexibility index (Phi) is 6.83. The Bertz CT molecular complexity index is 1230. The van der Waals surface area contributed by atoms with Crippen LogP contribution >= 0.6 is 35.0 Å². The molecule has 2 aromatic carbocycles. The van der Waals surface area contributed by atoms with Crippen LogP contribution in [0.3, 0.4) is 0 Å². The van der Waals surface area contributed by atoms with Gasteiger partial charge in [0.1, 0.15) is 11.6 Å². The number of furan rings is 1. The van der Waals surface area contributed by atoms with E-state index in [0.29, 0.717) is 28.2 Å². The summed E-state index contributed by atoms with van der Waals surface area (Å²) in [4.78, 5) is 12.7. The Labute approximate surface area is 197 Å². The number of nitrogens with one attached hydrogen (secondary N) is 1. The van der Waals surface area contributed by atoms with E-state index < -0.39 is 11.1 Å². The molecule has 4 aromatic rings. The van der Waals surface area contributed by atoms with Gasteiger partial charge in [0, 0.05) is 10.6 Å². The van der Waals surface area contributed by atoms with Gasteiger partial charge in [-0.05, 0) is 61.5 Å². The quantitative estimate of drug-likeness (QED) is 0.314. The second kappa shape index (κ2) is 9.77. The third kappa shape index (κ3) is 5.15. The Morgan fingerprint density at radius 3 is 2.66 bits per heavy atom. The minimum absolute atomic E-state index is 0.126. The van der Waals surface area contributed by atoms with Crippen molar-refractivity contribution in [3.63, 3.8) is 0 Å². The summed E-state index contributed by atoms with van der Waals surface area (Å²) in [5, 5.41) is 12.1. The van der Waals surface area contributed by atoms with Gasteiger partial charge in [0.25, 0.3) is 0 Å². The highest BCUT2D eigenvalue weighted by atomic mass is 35.5. The zero-order chi connectivity index (χ0) is 22.7. The smallest absolute Gasteiger partial charge is 0.237 e. The summed E-state index contributed by atoms with van der Waals surface area (Å²) in [6.45, 7) is 2.13. The molecule has 0 aliphatic rings. The molecule has 1 amide bonds. The fraction of sp³-hybridized carbons (Fsp3) is 0.136. The van der Waals surface area contributed by atoms with Crippen molar-refractivity contribution in [3.05, 3.63) is 82.5 Å². The Hall–Kier alpha value is -2.81. The number of rotatable bonds is 7. The normalized spacial score (nSPS) is 12.0. The Balaban J connectivity index is 1.58. The van der Waals surface area contributed by atoms with Crippen molar-refractivity contribution in [3.8, 4) is 11.4 Å². The molecule has 1 unspecified atom stereocenters. The van der Waals surface area contributed by atoms with E-state index in [1.807, 2.05) is 22.8 Å². The molecule has 10 heteroatoms. The first-order valence-corrected chi connectivity index (χ1v) is 11.2. The van der Waals surface area contributed by atoms with Gasteiger partial charge in [0.05, 0.1) is 28.8 Å². The van der Waals surface area contributed by atoms with Crippen LogP contribution in [0.2, 0.25) is 10.0 Å². The van der Waals surface area contributed by atoms with Gasteiger partial charge in [0.2, 0.25) is 5.91 Å². The molecular weight excluding hydrogens is 474 g/mol. The highest BCUT2D eigenvalue weighted by Gasteiger charge is 2.22. The largest absolute Gasteiger partial charge is 0.467 e. The number of amides is 1. The van der Waals surface area contributed by atoms with E-state index in [1.54, 1.807) is 31.4 Å². The number of aromatic nitrogens is 3. The van der Waals surface area contributed by atoms with E-state index in [9.17, 15) is 9.18 Å². The highest BCUT2D eigenvalue weighted by molar-refractivity contribution is 8.00. The first-order chi connectivity index (χ1) is 15.4. The molecule has 0 aliphatic carbocycles. The van der Waals surface area contributed by atoms with Crippen molar-refractivity contribution < 1.29 is 13.6 Å². The third-order valence-electron chi connectivity index (χ3n) is 4.55. The minimum atomic E-state index is -0.534. The number of nitrogens with zero attached hydrogens (tertiary/aromatic N) is 3. The fourth-order valence-electron chi connectivity index (χ4n) is 2.93. The first-order valence-electron chi connectivity index (χ1n) is 9.55. The maximum absolute atomic E-state index is 13.3. The van der Waals surface area contributed by atoms with Gasteiger partial charge >= 0.3 is 0 Å². The van der Waals surface area contributed by atoms with Crippen molar-refractivity contribution in [2.24, 2.45) is 0 Å². The second-order valence-electron chi connectivity index (χ2n) is 6.85. The SMILES string of the molecule is CC(Sc1nnc(-c2ccc(Cl)cc2)n1Cc1ccco1)C(=O)Nc1ccc(F)cc1Cl. The van der Waals surface area contributed by atoms with Crippen molar-refractivity contribution in [2.45, 2.75) is 23.9 Å².